The van der Waals surface area contributed by atoms with Gasteiger partial charge in [0.25, 0.3) is 0 Å². The second kappa shape index (κ2) is 4.33. The molecule has 0 saturated carbocycles. The molecule has 0 aliphatic carbocycles. The number of phenols is 1. The van der Waals surface area contributed by atoms with Crippen LogP contribution in [0.15, 0.2) is 12.1 Å². The molecule has 0 saturated heterocycles. The Kier molecular flexibility index (Phi) is 3.36. The zero-order chi connectivity index (χ0) is 10.7. The second-order valence-electron chi connectivity index (χ2n) is 3.63. The molecule has 0 aromatic heterocycles. The lowest BCUT2D eigenvalue weighted by Gasteiger charge is -2.11. The highest BCUT2D eigenvalue weighted by atomic mass is 16.5. The highest BCUT2D eigenvalue weighted by Gasteiger charge is 2.08. The van der Waals surface area contributed by atoms with Crippen LogP contribution in [0.3, 0.4) is 0 Å². The molecule has 3 nitrogen and oxygen atoms in total. The molecule has 0 radical (unpaired) electrons. The van der Waals surface area contributed by atoms with E-state index in [1.807, 2.05) is 19.9 Å². The lowest BCUT2D eigenvalue weighted by molar-refractivity contribution is 0.403. The van der Waals surface area contributed by atoms with Crippen molar-refractivity contribution < 1.29 is 9.84 Å². The van der Waals surface area contributed by atoms with Gasteiger partial charge >= 0.3 is 0 Å². The smallest absolute Gasteiger partial charge is 0.125 e. The fourth-order valence-corrected chi connectivity index (χ4v) is 1.47. The van der Waals surface area contributed by atoms with Crippen LogP contribution in [0.5, 0.6) is 11.5 Å². The van der Waals surface area contributed by atoms with E-state index in [0.717, 1.165) is 11.1 Å². The van der Waals surface area contributed by atoms with Crippen molar-refractivity contribution in [2.45, 2.75) is 26.3 Å². The van der Waals surface area contributed by atoms with Crippen LogP contribution in [0, 0.1) is 6.92 Å². The summed E-state index contributed by atoms with van der Waals surface area (Å²) in [6.07, 6.45) is 0.677. The Labute approximate surface area is 84.5 Å². The van der Waals surface area contributed by atoms with E-state index in [1.165, 1.54) is 0 Å². The van der Waals surface area contributed by atoms with Gasteiger partial charge in [-0.3, -0.25) is 0 Å². The fourth-order valence-electron chi connectivity index (χ4n) is 1.47. The Hall–Kier alpha value is -1.22. The van der Waals surface area contributed by atoms with Gasteiger partial charge in [0.1, 0.15) is 11.5 Å². The number of hydrogen-bond acceptors (Lipinski definition) is 3. The molecule has 3 N–H and O–H groups in total. The summed E-state index contributed by atoms with van der Waals surface area (Å²) in [4.78, 5) is 0. The third-order valence-corrected chi connectivity index (χ3v) is 2.14. The van der Waals surface area contributed by atoms with E-state index in [9.17, 15) is 5.11 Å². The van der Waals surface area contributed by atoms with Crippen molar-refractivity contribution in [3.05, 3.63) is 23.3 Å². The molecule has 1 atom stereocenters. The van der Waals surface area contributed by atoms with Crippen LogP contribution in [0.4, 0.5) is 0 Å². The molecule has 1 aromatic carbocycles. The summed E-state index contributed by atoms with van der Waals surface area (Å²) in [6.45, 7) is 3.86. The predicted octanol–water partition coefficient (Wildman–Crippen LogP) is 1.60. The monoisotopic (exact) mass is 195 g/mol. The normalized spacial score (nSPS) is 12.6. The molecular weight excluding hydrogens is 178 g/mol. The number of ether oxygens (including phenoxy) is 1. The molecule has 0 bridgehead atoms. The van der Waals surface area contributed by atoms with E-state index in [2.05, 4.69) is 0 Å². The number of hydrogen-bond donors (Lipinski definition) is 2. The minimum atomic E-state index is 0.0497. The van der Waals surface area contributed by atoms with Crippen LogP contribution in [0.2, 0.25) is 0 Å². The molecule has 3 heteroatoms. The molecule has 0 aliphatic rings. The first kappa shape index (κ1) is 10.9. The second-order valence-corrected chi connectivity index (χ2v) is 3.63. The van der Waals surface area contributed by atoms with Crippen molar-refractivity contribution in [3.63, 3.8) is 0 Å². The van der Waals surface area contributed by atoms with Crippen LogP contribution >= 0.6 is 0 Å². The number of benzene rings is 1. The number of nitrogens with two attached hydrogens (primary N) is 1. The first-order valence-corrected chi connectivity index (χ1v) is 4.66. The van der Waals surface area contributed by atoms with Crippen LogP contribution in [-0.4, -0.2) is 18.3 Å². The summed E-state index contributed by atoms with van der Waals surface area (Å²) < 4.78 is 5.09. The van der Waals surface area contributed by atoms with Gasteiger partial charge in [-0.25, -0.2) is 0 Å². The predicted molar refractivity (Wildman–Crippen MR) is 56.7 cm³/mol. The zero-order valence-corrected chi connectivity index (χ0v) is 8.87. The molecule has 0 aliphatic heterocycles. The van der Waals surface area contributed by atoms with Crippen LogP contribution < -0.4 is 10.5 Å². The van der Waals surface area contributed by atoms with E-state index >= 15 is 0 Å². The van der Waals surface area contributed by atoms with Gasteiger partial charge in [-0.15, -0.1) is 0 Å². The van der Waals surface area contributed by atoms with Crippen LogP contribution in [-0.2, 0) is 6.42 Å². The Morgan fingerprint density at radius 2 is 2.14 bits per heavy atom. The van der Waals surface area contributed by atoms with Crippen LogP contribution in [0.25, 0.3) is 0 Å². The molecule has 0 fully saturated rings. The highest BCUT2D eigenvalue weighted by Crippen LogP contribution is 2.28. The van der Waals surface area contributed by atoms with Gasteiger partial charge < -0.3 is 15.6 Å². The molecule has 1 rings (SSSR count). The van der Waals surface area contributed by atoms with Gasteiger partial charge in [0.2, 0.25) is 0 Å². The Balaban J connectivity index is 3.02. The molecule has 78 valence electrons. The van der Waals surface area contributed by atoms with E-state index in [4.69, 9.17) is 10.5 Å². The van der Waals surface area contributed by atoms with Crippen molar-refractivity contribution >= 4 is 0 Å². The molecule has 0 heterocycles. The average Bonchev–Trinajstić information content (AvgIpc) is 2.10. The van der Waals surface area contributed by atoms with Gasteiger partial charge in [-0.05, 0) is 37.5 Å². The first-order chi connectivity index (χ1) is 6.54. The number of rotatable bonds is 3. The Morgan fingerprint density at radius 3 is 2.64 bits per heavy atom. The summed E-state index contributed by atoms with van der Waals surface area (Å²) in [7, 11) is 1.59. The van der Waals surface area contributed by atoms with E-state index in [0.29, 0.717) is 12.2 Å². The van der Waals surface area contributed by atoms with Crippen molar-refractivity contribution in [1.29, 1.82) is 0 Å². The molecule has 1 aromatic rings. The molecular formula is C11H17NO2. The first-order valence-electron chi connectivity index (χ1n) is 4.66. The number of methoxy groups -OCH3 is 1. The number of aromatic hydroxyl groups is 1. The number of aryl methyl sites for hydroxylation is 1. The number of phenolic OH excluding ortho intramolecular Hbond substituents is 1. The molecule has 0 spiro atoms. The molecule has 14 heavy (non-hydrogen) atoms. The van der Waals surface area contributed by atoms with Crippen molar-refractivity contribution in [2.75, 3.05) is 7.11 Å². The maximum absolute atomic E-state index is 9.66. The third kappa shape index (κ3) is 2.39. The highest BCUT2D eigenvalue weighted by molar-refractivity contribution is 5.45. The fraction of sp³-hybridized carbons (Fsp3) is 0.455. The van der Waals surface area contributed by atoms with Gasteiger partial charge in [0.15, 0.2) is 0 Å². The van der Waals surface area contributed by atoms with Gasteiger partial charge in [-0.2, -0.15) is 0 Å². The minimum absolute atomic E-state index is 0.0497. The van der Waals surface area contributed by atoms with Gasteiger partial charge in [-0.1, -0.05) is 0 Å². The van der Waals surface area contributed by atoms with E-state index in [1.54, 1.807) is 13.2 Å². The summed E-state index contributed by atoms with van der Waals surface area (Å²) in [5, 5.41) is 9.66. The van der Waals surface area contributed by atoms with Crippen molar-refractivity contribution in [2.24, 2.45) is 5.73 Å². The van der Waals surface area contributed by atoms with Gasteiger partial charge in [0, 0.05) is 12.1 Å². The largest absolute Gasteiger partial charge is 0.508 e. The maximum atomic E-state index is 9.66. The standard InChI is InChI=1S/C11H17NO2/c1-7-4-9(5-8(2)12)10(13)6-11(7)14-3/h4,6,8,13H,5,12H2,1-3H3. The lowest BCUT2D eigenvalue weighted by atomic mass is 10.0. The SMILES string of the molecule is COc1cc(O)c(CC(C)N)cc1C. The van der Waals surface area contributed by atoms with Gasteiger partial charge in [0.05, 0.1) is 7.11 Å². The summed E-state index contributed by atoms with van der Waals surface area (Å²) in [5.41, 5.74) is 7.56. The third-order valence-electron chi connectivity index (χ3n) is 2.14. The summed E-state index contributed by atoms with van der Waals surface area (Å²) in [6, 6.07) is 3.60. The van der Waals surface area contributed by atoms with Crippen molar-refractivity contribution in [1.82, 2.24) is 0 Å². The van der Waals surface area contributed by atoms with E-state index < -0.39 is 0 Å². The topological polar surface area (TPSA) is 55.5 Å². The quantitative estimate of drug-likeness (QED) is 0.770. The minimum Gasteiger partial charge on any atom is -0.508 e. The van der Waals surface area contributed by atoms with Crippen LogP contribution in [0.1, 0.15) is 18.1 Å². The zero-order valence-electron chi connectivity index (χ0n) is 8.87. The van der Waals surface area contributed by atoms with Crippen molar-refractivity contribution in [3.8, 4) is 11.5 Å². The summed E-state index contributed by atoms with van der Waals surface area (Å²) in [5.74, 6) is 0.959. The maximum Gasteiger partial charge on any atom is 0.125 e. The molecule has 0 amide bonds. The lowest BCUT2D eigenvalue weighted by Crippen LogP contribution is -2.17. The Bertz CT molecular complexity index is 321. The van der Waals surface area contributed by atoms with E-state index in [-0.39, 0.29) is 11.8 Å². The molecule has 1 unspecified atom stereocenters. The summed E-state index contributed by atoms with van der Waals surface area (Å²) >= 11 is 0. The Morgan fingerprint density at radius 1 is 1.50 bits per heavy atom. The average molecular weight is 195 g/mol.